The average molecular weight is 209 g/mol. The maximum absolute atomic E-state index is 11.3. The number of hydrogen-bond donors (Lipinski definition) is 2. The van der Waals surface area contributed by atoms with Gasteiger partial charge in [-0.15, -0.1) is 11.3 Å². The maximum Gasteiger partial charge on any atom is 0.273 e. The zero-order valence-corrected chi connectivity index (χ0v) is 7.91. The van der Waals surface area contributed by atoms with Crippen LogP contribution >= 0.6 is 11.3 Å². The van der Waals surface area contributed by atoms with E-state index in [4.69, 9.17) is 0 Å². The molecule has 0 atom stereocenters. The van der Waals surface area contributed by atoms with Crippen LogP contribution in [-0.2, 0) is 6.54 Å². The van der Waals surface area contributed by atoms with Crippen molar-refractivity contribution in [3.63, 3.8) is 0 Å². The first-order chi connectivity index (χ1) is 6.86. The van der Waals surface area contributed by atoms with Gasteiger partial charge in [0.15, 0.2) is 5.69 Å². The third kappa shape index (κ3) is 1.94. The molecular formula is C7H7N5OS. The van der Waals surface area contributed by atoms with Crippen molar-refractivity contribution >= 4 is 17.2 Å². The van der Waals surface area contributed by atoms with E-state index in [0.29, 0.717) is 6.54 Å². The summed E-state index contributed by atoms with van der Waals surface area (Å²) in [6.07, 6.45) is 1.37. The molecule has 0 spiro atoms. The van der Waals surface area contributed by atoms with E-state index >= 15 is 0 Å². The Balaban J connectivity index is 1.90. The standard InChI is InChI=1S/C7H7N5OS/c13-7(6-2-10-12-11-6)8-1-5-3-14-4-9-5/h2-4H,1H2,(H,8,13)(H,10,11,12). The van der Waals surface area contributed by atoms with Gasteiger partial charge in [-0.3, -0.25) is 4.79 Å². The molecule has 2 heterocycles. The number of nitrogens with zero attached hydrogens (tertiary/aromatic N) is 3. The summed E-state index contributed by atoms with van der Waals surface area (Å²) < 4.78 is 0. The van der Waals surface area contributed by atoms with Gasteiger partial charge in [0.2, 0.25) is 0 Å². The summed E-state index contributed by atoms with van der Waals surface area (Å²) in [4.78, 5) is 15.4. The molecule has 7 heteroatoms. The number of thiazole rings is 1. The molecule has 1 amide bonds. The summed E-state index contributed by atoms with van der Waals surface area (Å²) in [6.45, 7) is 0.412. The first-order valence-electron chi connectivity index (χ1n) is 3.87. The van der Waals surface area contributed by atoms with Crippen LogP contribution in [-0.4, -0.2) is 26.3 Å². The van der Waals surface area contributed by atoms with Crippen molar-refractivity contribution in [2.24, 2.45) is 0 Å². The highest BCUT2D eigenvalue weighted by molar-refractivity contribution is 7.07. The van der Waals surface area contributed by atoms with Gasteiger partial charge in [0.05, 0.1) is 23.9 Å². The van der Waals surface area contributed by atoms with Gasteiger partial charge in [-0.2, -0.15) is 15.4 Å². The van der Waals surface area contributed by atoms with Crippen LogP contribution in [0.5, 0.6) is 0 Å². The number of H-pyrrole nitrogens is 1. The van der Waals surface area contributed by atoms with Gasteiger partial charge in [-0.1, -0.05) is 0 Å². The van der Waals surface area contributed by atoms with E-state index in [0.717, 1.165) is 5.69 Å². The minimum atomic E-state index is -0.258. The van der Waals surface area contributed by atoms with E-state index in [1.54, 1.807) is 5.51 Å². The summed E-state index contributed by atoms with van der Waals surface area (Å²) in [5.41, 5.74) is 2.84. The first kappa shape index (κ1) is 8.82. The summed E-state index contributed by atoms with van der Waals surface area (Å²) in [5.74, 6) is -0.258. The highest BCUT2D eigenvalue weighted by Crippen LogP contribution is 2.00. The van der Waals surface area contributed by atoms with Crippen LogP contribution in [0.15, 0.2) is 17.1 Å². The van der Waals surface area contributed by atoms with Crippen molar-refractivity contribution in [3.05, 3.63) is 28.5 Å². The van der Waals surface area contributed by atoms with Gasteiger partial charge in [0.25, 0.3) is 5.91 Å². The third-order valence-electron chi connectivity index (χ3n) is 1.56. The second kappa shape index (κ2) is 3.97. The Labute approximate surface area is 83.4 Å². The van der Waals surface area contributed by atoms with Crippen molar-refractivity contribution in [2.75, 3.05) is 0 Å². The lowest BCUT2D eigenvalue weighted by Crippen LogP contribution is -2.23. The smallest absolute Gasteiger partial charge is 0.273 e. The zero-order chi connectivity index (χ0) is 9.80. The molecule has 0 fully saturated rings. The molecule has 0 aliphatic rings. The van der Waals surface area contributed by atoms with Crippen LogP contribution in [0.4, 0.5) is 0 Å². The predicted molar refractivity (Wildman–Crippen MR) is 49.7 cm³/mol. The molecule has 0 aliphatic carbocycles. The second-order valence-electron chi connectivity index (χ2n) is 2.52. The van der Waals surface area contributed by atoms with E-state index in [9.17, 15) is 4.79 Å². The molecule has 2 aromatic rings. The van der Waals surface area contributed by atoms with Gasteiger partial charge < -0.3 is 5.32 Å². The van der Waals surface area contributed by atoms with Crippen LogP contribution < -0.4 is 5.32 Å². The number of rotatable bonds is 3. The van der Waals surface area contributed by atoms with E-state index in [-0.39, 0.29) is 11.6 Å². The SMILES string of the molecule is O=C(NCc1cscn1)c1cn[nH]n1. The number of aromatic nitrogens is 4. The molecule has 2 N–H and O–H groups in total. The molecular weight excluding hydrogens is 202 g/mol. The van der Waals surface area contributed by atoms with E-state index in [1.165, 1.54) is 17.5 Å². The van der Waals surface area contributed by atoms with Crippen molar-refractivity contribution in [1.29, 1.82) is 0 Å². The zero-order valence-electron chi connectivity index (χ0n) is 7.10. The van der Waals surface area contributed by atoms with Gasteiger partial charge >= 0.3 is 0 Å². The monoisotopic (exact) mass is 209 g/mol. The fourth-order valence-corrected chi connectivity index (χ4v) is 1.46. The molecule has 0 unspecified atom stereocenters. The molecule has 0 bridgehead atoms. The van der Waals surface area contributed by atoms with Crippen LogP contribution in [0.2, 0.25) is 0 Å². The topological polar surface area (TPSA) is 83.6 Å². The van der Waals surface area contributed by atoms with Crippen molar-refractivity contribution in [3.8, 4) is 0 Å². The minimum Gasteiger partial charge on any atom is -0.345 e. The lowest BCUT2D eigenvalue weighted by Gasteiger charge is -1.98. The number of nitrogens with one attached hydrogen (secondary N) is 2. The Morgan fingerprint density at radius 3 is 3.21 bits per heavy atom. The number of carbonyl (C=O) groups is 1. The largest absolute Gasteiger partial charge is 0.345 e. The summed E-state index contributed by atoms with van der Waals surface area (Å²) >= 11 is 1.49. The van der Waals surface area contributed by atoms with Gasteiger partial charge in [-0.25, -0.2) is 4.98 Å². The van der Waals surface area contributed by atoms with Gasteiger partial charge in [0.1, 0.15) is 0 Å². The van der Waals surface area contributed by atoms with Crippen LogP contribution in [0.3, 0.4) is 0 Å². The van der Waals surface area contributed by atoms with E-state index < -0.39 is 0 Å². The molecule has 2 aromatic heterocycles. The Morgan fingerprint density at radius 2 is 2.57 bits per heavy atom. The summed E-state index contributed by atoms with van der Waals surface area (Å²) in [6, 6.07) is 0. The lowest BCUT2D eigenvalue weighted by atomic mass is 10.4. The Morgan fingerprint density at radius 1 is 1.64 bits per heavy atom. The van der Waals surface area contributed by atoms with E-state index in [1.807, 2.05) is 5.38 Å². The molecule has 0 saturated heterocycles. The molecule has 14 heavy (non-hydrogen) atoms. The van der Waals surface area contributed by atoms with Gasteiger partial charge in [0, 0.05) is 5.38 Å². The Kier molecular flexibility index (Phi) is 2.50. The molecule has 0 aliphatic heterocycles. The summed E-state index contributed by atoms with van der Waals surface area (Å²) in [5, 5.41) is 14.1. The number of hydrogen-bond acceptors (Lipinski definition) is 5. The molecule has 2 rings (SSSR count). The van der Waals surface area contributed by atoms with Crippen molar-refractivity contribution in [2.45, 2.75) is 6.54 Å². The molecule has 6 nitrogen and oxygen atoms in total. The Hall–Kier alpha value is -1.76. The van der Waals surface area contributed by atoms with Gasteiger partial charge in [-0.05, 0) is 0 Å². The number of aromatic amines is 1. The fraction of sp³-hybridized carbons (Fsp3) is 0.143. The molecule has 72 valence electrons. The normalized spacial score (nSPS) is 10.0. The maximum atomic E-state index is 11.3. The van der Waals surface area contributed by atoms with Crippen molar-refractivity contribution in [1.82, 2.24) is 25.7 Å². The number of carbonyl (C=O) groups excluding carboxylic acids is 1. The van der Waals surface area contributed by atoms with Crippen LogP contribution in [0, 0.1) is 0 Å². The summed E-state index contributed by atoms with van der Waals surface area (Å²) in [7, 11) is 0. The molecule has 0 radical (unpaired) electrons. The fourth-order valence-electron chi connectivity index (χ4n) is 0.897. The van der Waals surface area contributed by atoms with Crippen molar-refractivity contribution < 1.29 is 4.79 Å². The molecule has 0 saturated carbocycles. The highest BCUT2D eigenvalue weighted by Gasteiger charge is 2.07. The Bertz CT molecular complexity index is 396. The lowest BCUT2D eigenvalue weighted by molar-refractivity contribution is 0.0945. The van der Waals surface area contributed by atoms with Crippen LogP contribution in [0.25, 0.3) is 0 Å². The quantitative estimate of drug-likeness (QED) is 0.755. The highest BCUT2D eigenvalue weighted by atomic mass is 32.1. The predicted octanol–water partition coefficient (Wildman–Crippen LogP) is 0.191. The average Bonchev–Trinajstić information content (AvgIpc) is 2.87. The second-order valence-corrected chi connectivity index (χ2v) is 3.24. The third-order valence-corrected chi connectivity index (χ3v) is 2.20. The molecule has 0 aromatic carbocycles. The van der Waals surface area contributed by atoms with E-state index in [2.05, 4.69) is 25.7 Å². The number of amides is 1. The first-order valence-corrected chi connectivity index (χ1v) is 4.81. The minimum absolute atomic E-state index is 0.258. The van der Waals surface area contributed by atoms with Crippen LogP contribution in [0.1, 0.15) is 16.2 Å².